The molecule has 1 amide bonds. The number of methoxy groups -OCH3 is 2. The second-order valence-electron chi connectivity index (χ2n) is 9.39. The van der Waals surface area contributed by atoms with E-state index in [1.807, 2.05) is 6.92 Å². The van der Waals surface area contributed by atoms with Gasteiger partial charge in [0.05, 0.1) is 42.9 Å². The third-order valence-corrected chi connectivity index (χ3v) is 7.91. The number of aryl methyl sites for hydroxylation is 1. The molecule has 0 saturated heterocycles. The minimum atomic E-state index is -3.70. The highest BCUT2D eigenvalue weighted by Gasteiger charge is 2.18. The van der Waals surface area contributed by atoms with E-state index in [4.69, 9.17) is 14.2 Å². The number of carbonyl (C=O) groups is 1. The van der Waals surface area contributed by atoms with Crippen molar-refractivity contribution in [2.45, 2.75) is 31.3 Å². The summed E-state index contributed by atoms with van der Waals surface area (Å²) >= 11 is 0. The third kappa shape index (κ3) is 7.21. The van der Waals surface area contributed by atoms with Crippen molar-refractivity contribution < 1.29 is 27.4 Å². The molecule has 0 fully saturated rings. The fraction of sp³-hybridized carbons (Fsp3) is 0.276. The van der Waals surface area contributed by atoms with Crippen LogP contribution >= 0.6 is 0 Å². The number of nitrogens with zero attached hydrogens (tertiary/aromatic N) is 2. The zero-order valence-electron chi connectivity index (χ0n) is 23.2. The number of hydrogen-bond donors (Lipinski definition) is 2. The van der Waals surface area contributed by atoms with E-state index in [-0.39, 0.29) is 36.1 Å². The molecule has 0 saturated carbocycles. The Morgan fingerprint density at radius 3 is 2.32 bits per heavy atom. The van der Waals surface area contributed by atoms with Gasteiger partial charge >= 0.3 is 0 Å². The first-order valence-electron chi connectivity index (χ1n) is 12.8. The number of amides is 1. The summed E-state index contributed by atoms with van der Waals surface area (Å²) in [4.78, 5) is 30.0. The first kappa shape index (κ1) is 29.6. The molecule has 4 rings (SSSR count). The summed E-state index contributed by atoms with van der Waals surface area (Å²) in [6, 6.07) is 15.8. The number of aromatic nitrogens is 2. The number of fused-ring (bicyclic) bond motifs is 1. The molecule has 1 atom stereocenters. The van der Waals surface area contributed by atoms with Gasteiger partial charge in [0.25, 0.3) is 11.5 Å². The summed E-state index contributed by atoms with van der Waals surface area (Å²) in [6.45, 7) is 4.12. The maximum absolute atomic E-state index is 12.9. The number of carbonyl (C=O) groups excluding carboxylic acids is 1. The fourth-order valence-corrected chi connectivity index (χ4v) is 5.29. The van der Waals surface area contributed by atoms with E-state index in [9.17, 15) is 18.0 Å². The van der Waals surface area contributed by atoms with Gasteiger partial charge in [-0.25, -0.2) is 18.1 Å². The highest BCUT2D eigenvalue weighted by atomic mass is 32.2. The lowest BCUT2D eigenvalue weighted by atomic mass is 10.2. The Morgan fingerprint density at radius 1 is 1.00 bits per heavy atom. The Bertz CT molecular complexity index is 1690. The second-order valence-corrected chi connectivity index (χ2v) is 11.1. The van der Waals surface area contributed by atoms with Gasteiger partial charge in [-0.2, -0.15) is 0 Å². The Balaban J connectivity index is 1.28. The van der Waals surface area contributed by atoms with Gasteiger partial charge in [0.2, 0.25) is 10.0 Å². The number of hydrogen-bond acceptors (Lipinski definition) is 8. The summed E-state index contributed by atoms with van der Waals surface area (Å²) in [7, 11) is -0.681. The summed E-state index contributed by atoms with van der Waals surface area (Å²) in [5.41, 5.74) is 1.62. The van der Waals surface area contributed by atoms with Crippen LogP contribution < -0.4 is 29.8 Å². The van der Waals surface area contributed by atoms with E-state index in [1.165, 1.54) is 25.1 Å². The van der Waals surface area contributed by atoms with Gasteiger partial charge in [-0.3, -0.25) is 14.2 Å². The lowest BCUT2D eigenvalue weighted by Gasteiger charge is -2.15. The molecule has 0 aliphatic heterocycles. The van der Waals surface area contributed by atoms with E-state index in [0.717, 1.165) is 5.56 Å². The maximum Gasteiger partial charge on any atom is 0.261 e. The number of ether oxygens (including phenoxy) is 3. The summed E-state index contributed by atoms with van der Waals surface area (Å²) in [6.07, 6.45) is 1.45. The Hall–Kier alpha value is -4.42. The van der Waals surface area contributed by atoms with Crippen LogP contribution in [-0.4, -0.2) is 57.3 Å². The molecule has 216 valence electrons. The van der Waals surface area contributed by atoms with Gasteiger partial charge in [0, 0.05) is 24.2 Å². The zero-order chi connectivity index (χ0) is 29.6. The van der Waals surface area contributed by atoms with Crippen molar-refractivity contribution in [3.05, 3.63) is 88.5 Å². The topological polar surface area (TPSA) is 138 Å². The summed E-state index contributed by atoms with van der Waals surface area (Å²) in [5, 5.41) is 3.13. The molecule has 1 aromatic heterocycles. The fourth-order valence-electron chi connectivity index (χ4n) is 4.05. The molecule has 1 heterocycles. The van der Waals surface area contributed by atoms with Crippen molar-refractivity contribution in [3.63, 3.8) is 0 Å². The first-order chi connectivity index (χ1) is 19.6. The van der Waals surface area contributed by atoms with Crippen LogP contribution in [0.2, 0.25) is 0 Å². The monoisotopic (exact) mass is 580 g/mol. The Morgan fingerprint density at radius 2 is 1.66 bits per heavy atom. The molecule has 0 aliphatic carbocycles. The van der Waals surface area contributed by atoms with Gasteiger partial charge in [0.1, 0.15) is 12.4 Å². The molecule has 4 aromatic rings. The van der Waals surface area contributed by atoms with E-state index < -0.39 is 16.1 Å². The molecule has 11 nitrogen and oxygen atoms in total. The van der Waals surface area contributed by atoms with Gasteiger partial charge in [0.15, 0.2) is 11.5 Å². The Kier molecular flexibility index (Phi) is 9.25. The standard InChI is InChI=1S/C29H32N4O7S/c1-19-5-11-23(12-6-19)41(36,37)32-20(2)17-30-28(34)21-7-9-22(10-8-21)40-14-13-33-18-31-25-16-27(39-4)26(38-3)15-24(25)29(33)35/h5-12,15-16,18,20,32H,13-14,17H2,1-4H3,(H,30,34). The van der Waals surface area contributed by atoms with Crippen LogP contribution in [0.1, 0.15) is 22.8 Å². The van der Waals surface area contributed by atoms with E-state index >= 15 is 0 Å². The van der Waals surface area contributed by atoms with Crippen LogP contribution in [0.4, 0.5) is 0 Å². The van der Waals surface area contributed by atoms with Crippen molar-refractivity contribution >= 4 is 26.8 Å². The van der Waals surface area contributed by atoms with E-state index in [1.54, 1.807) is 67.6 Å². The molecule has 41 heavy (non-hydrogen) atoms. The molecular formula is C29H32N4O7S. The van der Waals surface area contributed by atoms with Crippen molar-refractivity contribution in [1.29, 1.82) is 0 Å². The largest absolute Gasteiger partial charge is 0.493 e. The number of benzene rings is 3. The molecule has 0 bridgehead atoms. The van der Waals surface area contributed by atoms with Gasteiger partial charge in [-0.15, -0.1) is 0 Å². The highest BCUT2D eigenvalue weighted by Crippen LogP contribution is 2.29. The average molecular weight is 581 g/mol. The van der Waals surface area contributed by atoms with Crippen LogP contribution in [0, 0.1) is 6.92 Å². The molecule has 0 radical (unpaired) electrons. The zero-order valence-corrected chi connectivity index (χ0v) is 24.0. The van der Waals surface area contributed by atoms with Crippen molar-refractivity contribution in [2.75, 3.05) is 27.4 Å². The molecule has 1 unspecified atom stereocenters. The first-order valence-corrected chi connectivity index (χ1v) is 14.3. The predicted molar refractivity (Wildman–Crippen MR) is 154 cm³/mol. The number of sulfonamides is 1. The third-order valence-electron chi connectivity index (χ3n) is 6.30. The molecule has 0 spiro atoms. The van der Waals surface area contributed by atoms with Gasteiger partial charge < -0.3 is 19.5 Å². The smallest absolute Gasteiger partial charge is 0.261 e. The summed E-state index contributed by atoms with van der Waals surface area (Å²) in [5.74, 6) is 1.10. The SMILES string of the molecule is COc1cc2ncn(CCOc3ccc(C(=O)NCC(C)NS(=O)(=O)c4ccc(C)cc4)cc3)c(=O)c2cc1OC. The van der Waals surface area contributed by atoms with Crippen molar-refractivity contribution in [3.8, 4) is 17.2 Å². The van der Waals surface area contributed by atoms with Crippen LogP contribution in [0.15, 0.2) is 76.7 Å². The highest BCUT2D eigenvalue weighted by molar-refractivity contribution is 7.89. The van der Waals surface area contributed by atoms with Crippen molar-refractivity contribution in [2.24, 2.45) is 0 Å². The molecular weight excluding hydrogens is 548 g/mol. The van der Waals surface area contributed by atoms with Crippen molar-refractivity contribution in [1.82, 2.24) is 19.6 Å². The van der Waals surface area contributed by atoms with Crippen LogP contribution in [0.3, 0.4) is 0 Å². The molecule has 12 heteroatoms. The normalized spacial score (nSPS) is 12.1. The van der Waals surface area contributed by atoms with E-state index in [2.05, 4.69) is 15.0 Å². The lowest BCUT2D eigenvalue weighted by molar-refractivity contribution is 0.0951. The average Bonchev–Trinajstić information content (AvgIpc) is 2.96. The summed E-state index contributed by atoms with van der Waals surface area (Å²) < 4.78 is 45.4. The molecule has 0 aliphatic rings. The van der Waals surface area contributed by atoms with Crippen LogP contribution in [-0.2, 0) is 16.6 Å². The number of rotatable bonds is 12. The minimum absolute atomic E-state index is 0.107. The molecule has 3 aromatic carbocycles. The number of nitrogens with one attached hydrogen (secondary N) is 2. The predicted octanol–water partition coefficient (Wildman–Crippen LogP) is 2.90. The molecule has 2 N–H and O–H groups in total. The van der Waals surface area contributed by atoms with Crippen LogP contribution in [0.5, 0.6) is 17.2 Å². The maximum atomic E-state index is 12.9. The second kappa shape index (κ2) is 12.8. The quantitative estimate of drug-likeness (QED) is 0.261. The van der Waals surface area contributed by atoms with Crippen LogP contribution in [0.25, 0.3) is 10.9 Å². The minimum Gasteiger partial charge on any atom is -0.493 e. The van der Waals surface area contributed by atoms with Gasteiger partial charge in [-0.05, 0) is 56.3 Å². The van der Waals surface area contributed by atoms with E-state index in [0.29, 0.717) is 33.7 Å². The Labute approximate surface area is 238 Å². The van der Waals surface area contributed by atoms with Gasteiger partial charge in [-0.1, -0.05) is 17.7 Å². The lowest BCUT2D eigenvalue weighted by Crippen LogP contribution is -2.41.